The van der Waals surface area contributed by atoms with Crippen molar-refractivity contribution in [3.63, 3.8) is 0 Å². The Morgan fingerprint density at radius 1 is 1.14 bits per heavy atom. The van der Waals surface area contributed by atoms with Gasteiger partial charge in [0.1, 0.15) is 11.6 Å². The molecule has 0 aliphatic rings. The average molecular weight is 410 g/mol. The van der Waals surface area contributed by atoms with Crippen molar-refractivity contribution in [2.45, 2.75) is 12.6 Å². The van der Waals surface area contributed by atoms with Crippen LogP contribution in [0.5, 0.6) is 5.75 Å². The Balaban J connectivity index is 1.53. The molecule has 0 aliphatic carbocycles. The first-order valence-corrected chi connectivity index (χ1v) is 8.90. The van der Waals surface area contributed by atoms with Gasteiger partial charge in [-0.3, -0.25) is 10.1 Å². The fourth-order valence-corrected chi connectivity index (χ4v) is 3.18. The van der Waals surface area contributed by atoms with Gasteiger partial charge in [0.05, 0.1) is 5.56 Å². The topological polar surface area (TPSA) is 51.2 Å². The summed E-state index contributed by atoms with van der Waals surface area (Å²) < 4.78 is 56.1. The van der Waals surface area contributed by atoms with Crippen LogP contribution in [-0.4, -0.2) is 17.5 Å². The zero-order valence-electron chi connectivity index (χ0n) is 14.3. The van der Waals surface area contributed by atoms with Crippen molar-refractivity contribution < 1.29 is 27.1 Å². The number of ether oxygens (including phenoxy) is 1. The minimum Gasteiger partial charge on any atom is -0.484 e. The maximum absolute atomic E-state index is 12.9. The Kier molecular flexibility index (Phi) is 5.93. The number of anilines is 1. The monoisotopic (exact) mass is 410 g/mol. The Labute approximate surface area is 161 Å². The molecule has 1 aromatic heterocycles. The van der Waals surface area contributed by atoms with Gasteiger partial charge >= 0.3 is 6.18 Å². The van der Waals surface area contributed by atoms with Crippen LogP contribution in [0.15, 0.2) is 54.7 Å². The molecule has 0 radical (unpaired) electrons. The maximum atomic E-state index is 12.9. The standard InChI is InChI=1S/C19H14F4N2O2S/c20-14-6-4-12(5-7-14)8-16-10-24-18(28-16)25-17(26)11-27-15-3-1-2-13(9-15)19(21,22)23/h1-7,9-10H,8,11H2,(H,24,25,26). The van der Waals surface area contributed by atoms with Crippen LogP contribution in [0.25, 0.3) is 0 Å². The number of nitrogens with zero attached hydrogens (tertiary/aromatic N) is 1. The number of halogens is 4. The van der Waals surface area contributed by atoms with Crippen molar-refractivity contribution in [2.24, 2.45) is 0 Å². The quantitative estimate of drug-likeness (QED) is 0.588. The summed E-state index contributed by atoms with van der Waals surface area (Å²) in [6.07, 6.45) is -2.35. The summed E-state index contributed by atoms with van der Waals surface area (Å²) in [4.78, 5) is 16.9. The number of benzene rings is 2. The van der Waals surface area contributed by atoms with Crippen LogP contribution in [0.3, 0.4) is 0 Å². The molecule has 4 nitrogen and oxygen atoms in total. The number of thiazole rings is 1. The number of aromatic nitrogens is 1. The fourth-order valence-electron chi connectivity index (χ4n) is 2.32. The summed E-state index contributed by atoms with van der Waals surface area (Å²) in [5.74, 6) is -0.914. The molecule has 0 aliphatic heterocycles. The molecule has 146 valence electrons. The smallest absolute Gasteiger partial charge is 0.416 e. The summed E-state index contributed by atoms with van der Waals surface area (Å²) in [7, 11) is 0. The highest BCUT2D eigenvalue weighted by Crippen LogP contribution is 2.31. The first kappa shape index (κ1) is 19.8. The number of carbonyl (C=O) groups excluding carboxylic acids is 1. The number of carbonyl (C=O) groups is 1. The van der Waals surface area contributed by atoms with E-state index in [0.29, 0.717) is 11.6 Å². The maximum Gasteiger partial charge on any atom is 0.416 e. The SMILES string of the molecule is O=C(COc1cccc(C(F)(F)F)c1)Nc1ncc(Cc2ccc(F)cc2)s1. The predicted octanol–water partition coefficient (Wildman–Crippen LogP) is 4.91. The van der Waals surface area contributed by atoms with Crippen LogP contribution in [0.4, 0.5) is 22.7 Å². The summed E-state index contributed by atoms with van der Waals surface area (Å²) >= 11 is 1.25. The van der Waals surface area contributed by atoms with E-state index in [0.717, 1.165) is 22.6 Å². The predicted molar refractivity (Wildman–Crippen MR) is 96.9 cm³/mol. The second-order valence-electron chi connectivity index (χ2n) is 5.80. The van der Waals surface area contributed by atoms with Gasteiger partial charge in [0.25, 0.3) is 5.91 Å². The van der Waals surface area contributed by atoms with Crippen LogP contribution in [-0.2, 0) is 17.4 Å². The Morgan fingerprint density at radius 3 is 2.61 bits per heavy atom. The minimum atomic E-state index is -4.48. The Hall–Kier alpha value is -2.94. The van der Waals surface area contributed by atoms with E-state index in [2.05, 4.69) is 10.3 Å². The summed E-state index contributed by atoms with van der Waals surface area (Å²) in [6, 6.07) is 10.4. The van der Waals surface area contributed by atoms with E-state index in [1.807, 2.05) is 0 Å². The number of alkyl halides is 3. The van der Waals surface area contributed by atoms with Crippen molar-refractivity contribution in [1.29, 1.82) is 0 Å². The minimum absolute atomic E-state index is 0.0545. The summed E-state index contributed by atoms with van der Waals surface area (Å²) in [5.41, 5.74) is 0.0478. The fraction of sp³-hybridized carbons (Fsp3) is 0.158. The molecule has 0 spiro atoms. The highest BCUT2D eigenvalue weighted by atomic mass is 32.1. The second-order valence-corrected chi connectivity index (χ2v) is 6.91. The number of rotatable bonds is 6. The molecule has 2 aromatic carbocycles. The number of amides is 1. The average Bonchev–Trinajstić information content (AvgIpc) is 3.08. The van der Waals surface area contributed by atoms with Crippen LogP contribution in [0.1, 0.15) is 16.0 Å². The molecule has 28 heavy (non-hydrogen) atoms. The van der Waals surface area contributed by atoms with Crippen molar-refractivity contribution in [3.05, 3.63) is 76.5 Å². The van der Waals surface area contributed by atoms with E-state index in [1.54, 1.807) is 18.3 Å². The van der Waals surface area contributed by atoms with E-state index >= 15 is 0 Å². The normalized spacial score (nSPS) is 11.3. The van der Waals surface area contributed by atoms with Gasteiger partial charge in [0.15, 0.2) is 11.7 Å². The molecule has 0 bridgehead atoms. The molecule has 1 N–H and O–H groups in total. The van der Waals surface area contributed by atoms with Gasteiger partial charge in [0.2, 0.25) is 0 Å². The lowest BCUT2D eigenvalue weighted by Crippen LogP contribution is -2.20. The number of hydrogen-bond acceptors (Lipinski definition) is 4. The van der Waals surface area contributed by atoms with Crippen LogP contribution in [0, 0.1) is 5.82 Å². The van der Waals surface area contributed by atoms with Gasteiger partial charge in [-0.1, -0.05) is 18.2 Å². The van der Waals surface area contributed by atoms with Crippen molar-refractivity contribution in [1.82, 2.24) is 4.98 Å². The van der Waals surface area contributed by atoms with Gasteiger partial charge in [-0.05, 0) is 35.9 Å². The lowest BCUT2D eigenvalue weighted by Gasteiger charge is -2.09. The molecule has 0 atom stereocenters. The van der Waals surface area contributed by atoms with Gasteiger partial charge in [0, 0.05) is 17.5 Å². The molecular formula is C19H14F4N2O2S. The van der Waals surface area contributed by atoms with E-state index in [1.165, 1.54) is 35.6 Å². The molecule has 9 heteroatoms. The molecule has 0 fully saturated rings. The molecule has 3 rings (SSSR count). The largest absolute Gasteiger partial charge is 0.484 e. The first-order valence-electron chi connectivity index (χ1n) is 8.08. The molecule has 0 saturated carbocycles. The molecule has 0 unspecified atom stereocenters. The highest BCUT2D eigenvalue weighted by molar-refractivity contribution is 7.15. The van der Waals surface area contributed by atoms with Crippen molar-refractivity contribution in [2.75, 3.05) is 11.9 Å². The number of hydrogen-bond donors (Lipinski definition) is 1. The van der Waals surface area contributed by atoms with Crippen molar-refractivity contribution in [3.8, 4) is 5.75 Å². The van der Waals surface area contributed by atoms with Crippen LogP contribution in [0.2, 0.25) is 0 Å². The van der Waals surface area contributed by atoms with Gasteiger partial charge in [-0.15, -0.1) is 11.3 Å². The van der Waals surface area contributed by atoms with Crippen LogP contribution < -0.4 is 10.1 Å². The molecule has 1 amide bonds. The third-order valence-electron chi connectivity index (χ3n) is 3.62. The highest BCUT2D eigenvalue weighted by Gasteiger charge is 2.30. The Bertz CT molecular complexity index is 955. The molecule has 3 aromatic rings. The molecular weight excluding hydrogens is 396 g/mol. The zero-order valence-corrected chi connectivity index (χ0v) is 15.1. The zero-order chi connectivity index (χ0) is 20.1. The molecule has 1 heterocycles. The van der Waals surface area contributed by atoms with Gasteiger partial charge in [-0.25, -0.2) is 9.37 Å². The van der Waals surface area contributed by atoms with Gasteiger partial charge in [-0.2, -0.15) is 13.2 Å². The Morgan fingerprint density at radius 2 is 1.89 bits per heavy atom. The van der Waals surface area contributed by atoms with E-state index in [9.17, 15) is 22.4 Å². The van der Waals surface area contributed by atoms with E-state index < -0.39 is 24.3 Å². The first-order chi connectivity index (χ1) is 13.3. The van der Waals surface area contributed by atoms with E-state index in [4.69, 9.17) is 4.74 Å². The third kappa shape index (κ3) is 5.53. The lowest BCUT2D eigenvalue weighted by molar-refractivity contribution is -0.137. The summed E-state index contributed by atoms with van der Waals surface area (Å²) in [6.45, 7) is -0.450. The second kappa shape index (κ2) is 8.39. The van der Waals surface area contributed by atoms with Gasteiger partial charge < -0.3 is 4.74 Å². The van der Waals surface area contributed by atoms with Crippen LogP contribution >= 0.6 is 11.3 Å². The van der Waals surface area contributed by atoms with E-state index in [-0.39, 0.29) is 11.6 Å². The number of nitrogens with one attached hydrogen (secondary N) is 1. The summed E-state index contributed by atoms with van der Waals surface area (Å²) in [5, 5.41) is 2.88. The van der Waals surface area contributed by atoms with Crippen molar-refractivity contribution >= 4 is 22.4 Å². The third-order valence-corrected chi connectivity index (χ3v) is 4.54. The molecule has 0 saturated heterocycles. The lowest BCUT2D eigenvalue weighted by atomic mass is 10.1.